The van der Waals surface area contributed by atoms with E-state index in [0.717, 1.165) is 12.1 Å². The van der Waals surface area contributed by atoms with Crippen LogP contribution < -0.4 is 4.90 Å². The van der Waals surface area contributed by atoms with Crippen molar-refractivity contribution in [3.8, 4) is 0 Å². The van der Waals surface area contributed by atoms with Gasteiger partial charge in [-0.2, -0.15) is 0 Å². The number of anilines is 1. The Balaban J connectivity index is 3.07. The molecule has 0 aliphatic carbocycles. The van der Waals surface area contributed by atoms with Crippen molar-refractivity contribution >= 4 is 5.69 Å². The zero-order valence-corrected chi connectivity index (χ0v) is 10.7. The van der Waals surface area contributed by atoms with Crippen LogP contribution in [-0.2, 0) is 6.42 Å². The van der Waals surface area contributed by atoms with Crippen molar-refractivity contribution in [3.63, 3.8) is 0 Å². The lowest BCUT2D eigenvalue weighted by atomic mass is 10.1. The Morgan fingerprint density at radius 1 is 1.25 bits per heavy atom. The number of rotatable bonds is 4. The molecule has 0 saturated carbocycles. The molecular weight excluding hydrogens is 194 g/mol. The molecule has 0 bridgehead atoms. The van der Waals surface area contributed by atoms with Gasteiger partial charge in [-0.15, -0.1) is 0 Å². The highest BCUT2D eigenvalue weighted by Gasteiger charge is 2.08. The van der Waals surface area contributed by atoms with Gasteiger partial charge in [0.05, 0.1) is 0 Å². The second-order valence-electron chi connectivity index (χ2n) is 4.02. The second-order valence-corrected chi connectivity index (χ2v) is 4.02. The van der Waals surface area contributed by atoms with Crippen LogP contribution >= 0.6 is 0 Å². The normalized spacial score (nSPS) is 11.4. The molecule has 0 aliphatic rings. The van der Waals surface area contributed by atoms with Crippen molar-refractivity contribution in [2.45, 2.75) is 34.1 Å². The Labute approximate surface area is 99.1 Å². The van der Waals surface area contributed by atoms with Crippen LogP contribution in [0.3, 0.4) is 0 Å². The van der Waals surface area contributed by atoms with E-state index < -0.39 is 0 Å². The van der Waals surface area contributed by atoms with Crippen molar-refractivity contribution in [1.82, 2.24) is 0 Å². The molecule has 1 rings (SSSR count). The van der Waals surface area contributed by atoms with Gasteiger partial charge in [-0.3, -0.25) is 0 Å². The van der Waals surface area contributed by atoms with Crippen LogP contribution in [-0.4, -0.2) is 0 Å². The fraction of sp³-hybridized carbons (Fsp3) is 0.333. The summed E-state index contributed by atoms with van der Waals surface area (Å²) in [6, 6.07) is 8.66. The van der Waals surface area contributed by atoms with Crippen LogP contribution in [0.15, 0.2) is 48.3 Å². The third kappa shape index (κ3) is 2.75. The Morgan fingerprint density at radius 2 is 1.81 bits per heavy atom. The Morgan fingerprint density at radius 3 is 2.19 bits per heavy atom. The Kier molecular flexibility index (Phi) is 4.36. The third-order valence-electron chi connectivity index (χ3n) is 2.75. The molecule has 16 heavy (non-hydrogen) atoms. The first-order chi connectivity index (χ1) is 7.60. The number of benzene rings is 1. The van der Waals surface area contributed by atoms with Crippen LogP contribution in [0.1, 0.15) is 33.3 Å². The van der Waals surface area contributed by atoms with E-state index >= 15 is 0 Å². The predicted octanol–water partition coefficient (Wildman–Crippen LogP) is 4.51. The molecule has 0 saturated heterocycles. The molecule has 1 heteroatoms. The predicted molar refractivity (Wildman–Crippen MR) is 72.5 cm³/mol. The maximum Gasteiger partial charge on any atom is 0.0454 e. The van der Waals surface area contributed by atoms with Crippen molar-refractivity contribution in [2.24, 2.45) is 0 Å². The highest BCUT2D eigenvalue weighted by Crippen LogP contribution is 2.23. The van der Waals surface area contributed by atoms with Crippen LogP contribution in [0, 0.1) is 0 Å². The molecule has 0 heterocycles. The first kappa shape index (κ1) is 12.6. The summed E-state index contributed by atoms with van der Waals surface area (Å²) in [5.74, 6) is 0. The minimum Gasteiger partial charge on any atom is -0.319 e. The summed E-state index contributed by atoms with van der Waals surface area (Å²) in [6.45, 7) is 12.4. The van der Waals surface area contributed by atoms with Crippen molar-refractivity contribution in [3.05, 3.63) is 53.9 Å². The number of hydrogen-bond donors (Lipinski definition) is 0. The standard InChI is InChI=1S/C15H21N/c1-6-13(5)16(12(3)4)15-10-8-14(7-2)9-11-15/h6,8-11H,3,7H2,1-2,4-5H3/b13-6-. The zero-order valence-electron chi connectivity index (χ0n) is 10.7. The first-order valence-electron chi connectivity index (χ1n) is 5.77. The first-order valence-corrected chi connectivity index (χ1v) is 5.77. The fourth-order valence-electron chi connectivity index (χ4n) is 1.73. The topological polar surface area (TPSA) is 3.24 Å². The van der Waals surface area contributed by atoms with E-state index in [0.29, 0.717) is 0 Å². The van der Waals surface area contributed by atoms with Gasteiger partial charge >= 0.3 is 0 Å². The molecule has 0 aromatic heterocycles. The van der Waals surface area contributed by atoms with Crippen molar-refractivity contribution < 1.29 is 0 Å². The molecule has 1 nitrogen and oxygen atoms in total. The minimum absolute atomic E-state index is 1.04. The van der Waals surface area contributed by atoms with Crippen LogP contribution in [0.4, 0.5) is 5.69 Å². The van der Waals surface area contributed by atoms with E-state index in [4.69, 9.17) is 0 Å². The van der Waals surface area contributed by atoms with Gasteiger partial charge in [0.15, 0.2) is 0 Å². The quantitative estimate of drug-likeness (QED) is 0.714. The molecule has 0 radical (unpaired) electrons. The smallest absolute Gasteiger partial charge is 0.0454 e. The van der Waals surface area contributed by atoms with E-state index in [-0.39, 0.29) is 0 Å². The largest absolute Gasteiger partial charge is 0.319 e. The second kappa shape index (κ2) is 5.55. The number of nitrogens with zero attached hydrogens (tertiary/aromatic N) is 1. The van der Waals surface area contributed by atoms with Gasteiger partial charge in [-0.05, 0) is 44.9 Å². The van der Waals surface area contributed by atoms with Crippen LogP contribution in [0.25, 0.3) is 0 Å². The van der Waals surface area contributed by atoms with Crippen LogP contribution in [0.5, 0.6) is 0 Å². The van der Waals surface area contributed by atoms with E-state index in [2.05, 4.69) is 55.7 Å². The third-order valence-corrected chi connectivity index (χ3v) is 2.75. The van der Waals surface area contributed by atoms with Gasteiger partial charge in [-0.1, -0.05) is 31.7 Å². The maximum atomic E-state index is 4.03. The van der Waals surface area contributed by atoms with E-state index in [1.807, 2.05) is 13.8 Å². The lowest BCUT2D eigenvalue weighted by molar-refractivity contribution is 1.06. The lowest BCUT2D eigenvalue weighted by Crippen LogP contribution is -2.17. The molecule has 0 atom stereocenters. The summed E-state index contributed by atoms with van der Waals surface area (Å²) in [5.41, 5.74) is 4.79. The molecule has 1 aromatic carbocycles. The fourth-order valence-corrected chi connectivity index (χ4v) is 1.73. The molecule has 0 aliphatic heterocycles. The molecule has 0 unspecified atom stereocenters. The summed E-state index contributed by atoms with van der Waals surface area (Å²) in [5, 5.41) is 0. The lowest BCUT2D eigenvalue weighted by Gasteiger charge is -2.25. The molecule has 1 aromatic rings. The molecule has 0 fully saturated rings. The number of hydrogen-bond acceptors (Lipinski definition) is 1. The molecule has 0 spiro atoms. The zero-order chi connectivity index (χ0) is 12.1. The summed E-state index contributed by atoms with van der Waals surface area (Å²) in [4.78, 5) is 2.17. The highest BCUT2D eigenvalue weighted by molar-refractivity contribution is 5.57. The monoisotopic (exact) mass is 215 g/mol. The summed E-state index contributed by atoms with van der Waals surface area (Å²) >= 11 is 0. The van der Waals surface area contributed by atoms with Gasteiger partial charge in [0.1, 0.15) is 0 Å². The Bertz CT molecular complexity index is 384. The molecule has 0 N–H and O–H groups in total. The summed E-state index contributed by atoms with van der Waals surface area (Å²) in [6.07, 6.45) is 3.18. The van der Waals surface area contributed by atoms with E-state index in [1.54, 1.807) is 0 Å². The van der Waals surface area contributed by atoms with Crippen molar-refractivity contribution in [2.75, 3.05) is 4.90 Å². The van der Waals surface area contributed by atoms with Gasteiger partial charge < -0.3 is 4.90 Å². The van der Waals surface area contributed by atoms with Crippen molar-refractivity contribution in [1.29, 1.82) is 0 Å². The summed E-state index contributed by atoms with van der Waals surface area (Å²) < 4.78 is 0. The summed E-state index contributed by atoms with van der Waals surface area (Å²) in [7, 11) is 0. The number of aryl methyl sites for hydroxylation is 1. The minimum atomic E-state index is 1.04. The average molecular weight is 215 g/mol. The Hall–Kier alpha value is -1.50. The van der Waals surface area contributed by atoms with Gasteiger partial charge in [0, 0.05) is 17.1 Å². The number of allylic oxidation sites excluding steroid dienone is 3. The molecule has 0 amide bonds. The average Bonchev–Trinajstić information content (AvgIpc) is 2.29. The van der Waals surface area contributed by atoms with Gasteiger partial charge in [0.25, 0.3) is 0 Å². The van der Waals surface area contributed by atoms with E-state index in [9.17, 15) is 0 Å². The SMILES string of the molecule is C=C(C)N(/C(C)=C\C)c1ccc(CC)cc1. The van der Waals surface area contributed by atoms with Gasteiger partial charge in [-0.25, -0.2) is 0 Å². The molecule has 86 valence electrons. The maximum absolute atomic E-state index is 4.03. The van der Waals surface area contributed by atoms with Gasteiger partial charge in [0.2, 0.25) is 0 Å². The van der Waals surface area contributed by atoms with E-state index in [1.165, 1.54) is 16.9 Å². The van der Waals surface area contributed by atoms with Crippen LogP contribution in [0.2, 0.25) is 0 Å². The highest BCUT2D eigenvalue weighted by atomic mass is 15.1. The molecular formula is C15H21N.